The molecule has 0 saturated carbocycles. The zero-order valence-electron chi connectivity index (χ0n) is 10.5. The van der Waals surface area contributed by atoms with Gasteiger partial charge in [-0.3, -0.25) is 0 Å². The molecule has 0 fully saturated rings. The molecule has 0 aliphatic heterocycles. The highest BCUT2D eigenvalue weighted by atomic mass is 35.5. The largest absolute Gasteiger partial charge is 0.480 e. The van der Waals surface area contributed by atoms with E-state index in [1.807, 2.05) is 6.92 Å². The van der Waals surface area contributed by atoms with Gasteiger partial charge < -0.3 is 20.8 Å². The van der Waals surface area contributed by atoms with Gasteiger partial charge in [0.1, 0.15) is 0 Å². The molecule has 2 amide bonds. The molecular formula is C12H15ClN2O4. The van der Waals surface area contributed by atoms with Crippen molar-refractivity contribution in [2.45, 2.75) is 26.0 Å². The van der Waals surface area contributed by atoms with E-state index in [1.165, 1.54) is 6.92 Å². The number of aliphatic carboxylic acids is 1. The maximum atomic E-state index is 11.6. The average molecular weight is 287 g/mol. The van der Waals surface area contributed by atoms with Gasteiger partial charge in [-0.25, -0.2) is 9.59 Å². The summed E-state index contributed by atoms with van der Waals surface area (Å²) in [5.74, 6) is -1.32. The number of anilines is 1. The van der Waals surface area contributed by atoms with Crippen LogP contribution in [0.15, 0.2) is 18.2 Å². The van der Waals surface area contributed by atoms with Crippen LogP contribution < -0.4 is 10.6 Å². The topological polar surface area (TPSA) is 98.7 Å². The number of carboxylic acid groups (broad SMARTS) is 1. The lowest BCUT2D eigenvalue weighted by Crippen LogP contribution is -2.49. The summed E-state index contributed by atoms with van der Waals surface area (Å²) in [5.41, 5.74) is 1.26. The number of aryl methyl sites for hydroxylation is 1. The predicted octanol–water partition coefficient (Wildman–Crippen LogP) is 1.60. The highest BCUT2D eigenvalue weighted by Gasteiger charge is 2.25. The van der Waals surface area contributed by atoms with Crippen LogP contribution in [0.2, 0.25) is 5.02 Å². The SMILES string of the molecule is Cc1ccc(Cl)c(NC(=O)N[C@H](C(=O)O)[C@@H](C)O)c1. The molecule has 0 heterocycles. The monoisotopic (exact) mass is 286 g/mol. The van der Waals surface area contributed by atoms with E-state index >= 15 is 0 Å². The van der Waals surface area contributed by atoms with E-state index in [0.29, 0.717) is 10.7 Å². The van der Waals surface area contributed by atoms with E-state index in [-0.39, 0.29) is 0 Å². The molecule has 1 aromatic rings. The number of nitrogens with one attached hydrogen (secondary N) is 2. The summed E-state index contributed by atoms with van der Waals surface area (Å²) < 4.78 is 0. The number of rotatable bonds is 4. The highest BCUT2D eigenvalue weighted by molar-refractivity contribution is 6.33. The lowest BCUT2D eigenvalue weighted by molar-refractivity contribution is -0.141. The zero-order chi connectivity index (χ0) is 14.6. The van der Waals surface area contributed by atoms with Gasteiger partial charge in [-0.05, 0) is 31.5 Å². The quantitative estimate of drug-likeness (QED) is 0.676. The van der Waals surface area contributed by atoms with Crippen LogP contribution >= 0.6 is 11.6 Å². The number of hydrogen-bond acceptors (Lipinski definition) is 3. The highest BCUT2D eigenvalue weighted by Crippen LogP contribution is 2.22. The van der Waals surface area contributed by atoms with E-state index in [4.69, 9.17) is 16.7 Å². The van der Waals surface area contributed by atoms with Crippen LogP contribution in [-0.4, -0.2) is 34.4 Å². The second kappa shape index (κ2) is 6.40. The van der Waals surface area contributed by atoms with Crippen LogP contribution in [0.5, 0.6) is 0 Å². The molecule has 4 N–H and O–H groups in total. The summed E-state index contributed by atoms with van der Waals surface area (Å²) in [6, 6.07) is 2.92. The Morgan fingerprint density at radius 2 is 2.00 bits per heavy atom. The normalized spacial score (nSPS) is 13.5. The van der Waals surface area contributed by atoms with Crippen molar-refractivity contribution < 1.29 is 19.8 Å². The number of urea groups is 1. The Hall–Kier alpha value is -1.79. The zero-order valence-corrected chi connectivity index (χ0v) is 11.2. The second-order valence-electron chi connectivity index (χ2n) is 4.14. The molecule has 0 saturated heterocycles. The van der Waals surface area contributed by atoms with Gasteiger partial charge in [0, 0.05) is 0 Å². The van der Waals surface area contributed by atoms with Gasteiger partial charge in [-0.15, -0.1) is 0 Å². The lowest BCUT2D eigenvalue weighted by atomic mass is 10.2. The molecule has 0 aliphatic carbocycles. The number of benzene rings is 1. The minimum Gasteiger partial charge on any atom is -0.480 e. The van der Waals surface area contributed by atoms with Crippen LogP contribution in [0.3, 0.4) is 0 Å². The van der Waals surface area contributed by atoms with E-state index in [2.05, 4.69) is 10.6 Å². The molecule has 104 valence electrons. The Labute approximate surface area is 115 Å². The molecule has 19 heavy (non-hydrogen) atoms. The number of carbonyl (C=O) groups excluding carboxylic acids is 1. The van der Waals surface area contributed by atoms with Crippen LogP contribution in [0.1, 0.15) is 12.5 Å². The summed E-state index contributed by atoms with van der Waals surface area (Å²) in [6.45, 7) is 3.11. The Morgan fingerprint density at radius 1 is 1.37 bits per heavy atom. The number of aliphatic hydroxyl groups is 1. The minimum atomic E-state index is -1.39. The molecule has 0 aromatic heterocycles. The molecular weight excluding hydrogens is 272 g/mol. The number of hydrogen-bond donors (Lipinski definition) is 4. The molecule has 1 rings (SSSR count). The summed E-state index contributed by atoms with van der Waals surface area (Å²) in [7, 11) is 0. The van der Waals surface area contributed by atoms with E-state index in [1.54, 1.807) is 18.2 Å². The van der Waals surface area contributed by atoms with E-state index in [0.717, 1.165) is 5.56 Å². The van der Waals surface area contributed by atoms with Gasteiger partial charge in [0.25, 0.3) is 0 Å². The van der Waals surface area contributed by atoms with Crippen LogP contribution in [-0.2, 0) is 4.79 Å². The van der Waals surface area contributed by atoms with Gasteiger partial charge >= 0.3 is 12.0 Å². The number of carboxylic acids is 1. The number of carbonyl (C=O) groups is 2. The molecule has 7 heteroatoms. The van der Waals surface area contributed by atoms with Crippen LogP contribution in [0.4, 0.5) is 10.5 Å². The molecule has 0 spiro atoms. The van der Waals surface area contributed by atoms with E-state index < -0.39 is 24.1 Å². The molecule has 2 atom stereocenters. The first kappa shape index (κ1) is 15.3. The fourth-order valence-electron chi connectivity index (χ4n) is 1.42. The summed E-state index contributed by atoms with van der Waals surface area (Å²) >= 11 is 5.89. The summed E-state index contributed by atoms with van der Waals surface area (Å²) in [5, 5.41) is 23.0. The second-order valence-corrected chi connectivity index (χ2v) is 4.55. The van der Waals surface area contributed by atoms with Crippen molar-refractivity contribution in [1.82, 2.24) is 5.32 Å². The van der Waals surface area contributed by atoms with Crippen molar-refractivity contribution in [1.29, 1.82) is 0 Å². The average Bonchev–Trinajstić information content (AvgIpc) is 2.30. The first-order valence-electron chi connectivity index (χ1n) is 5.56. The third-order valence-corrected chi connectivity index (χ3v) is 2.73. The van der Waals surface area contributed by atoms with Crippen molar-refractivity contribution >= 4 is 29.3 Å². The molecule has 0 aliphatic rings. The van der Waals surface area contributed by atoms with Crippen molar-refractivity contribution in [3.8, 4) is 0 Å². The van der Waals surface area contributed by atoms with Gasteiger partial charge in [0.2, 0.25) is 0 Å². The van der Waals surface area contributed by atoms with Gasteiger partial charge in [-0.1, -0.05) is 17.7 Å². The van der Waals surface area contributed by atoms with Crippen molar-refractivity contribution in [3.05, 3.63) is 28.8 Å². The van der Waals surface area contributed by atoms with Crippen LogP contribution in [0.25, 0.3) is 0 Å². The third kappa shape index (κ3) is 4.42. The standard InChI is InChI=1S/C12H15ClN2O4/c1-6-3-4-8(13)9(5-6)14-12(19)15-10(7(2)16)11(17)18/h3-5,7,10,16H,1-2H3,(H,17,18)(H2,14,15,19)/t7-,10+/m1/s1. The van der Waals surface area contributed by atoms with Crippen molar-refractivity contribution in [3.63, 3.8) is 0 Å². The summed E-state index contributed by atoms with van der Waals surface area (Å²) in [6.07, 6.45) is -1.21. The molecule has 0 unspecified atom stereocenters. The lowest BCUT2D eigenvalue weighted by Gasteiger charge is -2.17. The number of halogens is 1. The first-order chi connectivity index (χ1) is 8.81. The van der Waals surface area contributed by atoms with Gasteiger partial charge in [-0.2, -0.15) is 0 Å². The number of aliphatic hydroxyl groups excluding tert-OH is 1. The molecule has 6 nitrogen and oxygen atoms in total. The molecule has 0 bridgehead atoms. The third-order valence-electron chi connectivity index (χ3n) is 2.41. The molecule has 1 aromatic carbocycles. The molecule has 0 radical (unpaired) electrons. The summed E-state index contributed by atoms with van der Waals surface area (Å²) in [4.78, 5) is 22.5. The Balaban J connectivity index is 2.74. The Bertz CT molecular complexity index is 491. The Kier molecular flexibility index (Phi) is 5.14. The maximum absolute atomic E-state index is 11.6. The van der Waals surface area contributed by atoms with Gasteiger partial charge in [0.15, 0.2) is 6.04 Å². The van der Waals surface area contributed by atoms with Gasteiger partial charge in [0.05, 0.1) is 16.8 Å². The fourth-order valence-corrected chi connectivity index (χ4v) is 1.59. The van der Waals surface area contributed by atoms with Crippen LogP contribution in [0, 0.1) is 6.92 Å². The number of amides is 2. The fraction of sp³-hybridized carbons (Fsp3) is 0.333. The van der Waals surface area contributed by atoms with Crippen molar-refractivity contribution in [2.75, 3.05) is 5.32 Å². The smallest absolute Gasteiger partial charge is 0.328 e. The first-order valence-corrected chi connectivity index (χ1v) is 5.93. The van der Waals surface area contributed by atoms with Crippen molar-refractivity contribution in [2.24, 2.45) is 0 Å². The van der Waals surface area contributed by atoms with E-state index in [9.17, 15) is 14.7 Å². The maximum Gasteiger partial charge on any atom is 0.328 e. The predicted molar refractivity (Wildman–Crippen MR) is 71.4 cm³/mol. The Morgan fingerprint density at radius 3 is 2.53 bits per heavy atom. The minimum absolute atomic E-state index is 0.338.